The molecule has 0 heterocycles. The molecule has 0 spiro atoms. The van der Waals surface area contributed by atoms with Gasteiger partial charge in [0.05, 0.1) is 18.9 Å². The summed E-state index contributed by atoms with van der Waals surface area (Å²) in [6.07, 6.45) is 0.269. The number of carboxylic acid groups (broad SMARTS) is 1. The van der Waals surface area contributed by atoms with Gasteiger partial charge in [0.15, 0.2) is 0 Å². The van der Waals surface area contributed by atoms with Crippen molar-refractivity contribution in [1.82, 2.24) is 0 Å². The maximum Gasteiger partial charge on any atom is 0.310 e. The SMILES string of the molecule is COCc1cccc(CC(=O)Nc2ccc(C(C)C(=O)O)cc2)c1. The zero-order chi connectivity index (χ0) is 17.5. The van der Waals surface area contributed by atoms with Gasteiger partial charge in [-0.05, 0) is 35.7 Å². The van der Waals surface area contributed by atoms with Crippen molar-refractivity contribution in [2.45, 2.75) is 25.9 Å². The first-order valence-electron chi connectivity index (χ1n) is 7.69. The number of carbonyl (C=O) groups is 2. The van der Waals surface area contributed by atoms with Crippen LogP contribution in [0.5, 0.6) is 0 Å². The van der Waals surface area contributed by atoms with E-state index in [0.29, 0.717) is 17.9 Å². The number of methoxy groups -OCH3 is 1. The number of carbonyl (C=O) groups excluding carboxylic acids is 1. The molecule has 2 N–H and O–H groups in total. The molecule has 0 bridgehead atoms. The maximum atomic E-state index is 12.1. The highest BCUT2D eigenvalue weighted by Gasteiger charge is 2.13. The average Bonchev–Trinajstić information content (AvgIpc) is 2.55. The predicted octanol–water partition coefficient (Wildman–Crippen LogP) is 3.20. The van der Waals surface area contributed by atoms with Gasteiger partial charge < -0.3 is 15.2 Å². The minimum atomic E-state index is -0.872. The molecule has 0 aliphatic carbocycles. The molecular weight excluding hydrogens is 306 g/mol. The summed E-state index contributed by atoms with van der Waals surface area (Å²) in [6, 6.07) is 14.6. The molecule has 1 unspecified atom stereocenters. The van der Waals surface area contributed by atoms with Gasteiger partial charge in [-0.15, -0.1) is 0 Å². The van der Waals surface area contributed by atoms with E-state index >= 15 is 0 Å². The third-order valence-corrected chi connectivity index (χ3v) is 3.73. The van der Waals surface area contributed by atoms with E-state index in [-0.39, 0.29) is 12.3 Å². The summed E-state index contributed by atoms with van der Waals surface area (Å²) in [5.74, 6) is -1.57. The smallest absolute Gasteiger partial charge is 0.310 e. The molecule has 2 rings (SSSR count). The molecule has 126 valence electrons. The Kier molecular flexibility index (Phi) is 6.09. The van der Waals surface area contributed by atoms with Crippen LogP contribution in [0.25, 0.3) is 0 Å². The number of anilines is 1. The van der Waals surface area contributed by atoms with Crippen molar-refractivity contribution in [2.75, 3.05) is 12.4 Å². The topological polar surface area (TPSA) is 75.6 Å². The van der Waals surface area contributed by atoms with Gasteiger partial charge in [-0.2, -0.15) is 0 Å². The highest BCUT2D eigenvalue weighted by atomic mass is 16.5. The second-order valence-electron chi connectivity index (χ2n) is 5.66. The molecular formula is C19H21NO4. The van der Waals surface area contributed by atoms with Crippen LogP contribution in [0.4, 0.5) is 5.69 Å². The van der Waals surface area contributed by atoms with Gasteiger partial charge in [0.1, 0.15) is 0 Å². The van der Waals surface area contributed by atoms with Crippen molar-refractivity contribution in [3.05, 3.63) is 65.2 Å². The van der Waals surface area contributed by atoms with Crippen molar-refractivity contribution >= 4 is 17.6 Å². The molecule has 0 aliphatic rings. The Morgan fingerprint density at radius 1 is 1.12 bits per heavy atom. The Hall–Kier alpha value is -2.66. The first kappa shape index (κ1) is 17.7. The normalized spacial score (nSPS) is 11.8. The molecule has 0 aromatic heterocycles. The molecule has 0 saturated carbocycles. The van der Waals surface area contributed by atoms with E-state index in [2.05, 4.69) is 5.32 Å². The Bertz CT molecular complexity index is 710. The van der Waals surface area contributed by atoms with Crippen LogP contribution in [0.3, 0.4) is 0 Å². The van der Waals surface area contributed by atoms with E-state index in [1.54, 1.807) is 38.3 Å². The lowest BCUT2D eigenvalue weighted by molar-refractivity contribution is -0.138. The molecule has 1 atom stereocenters. The Labute approximate surface area is 141 Å². The van der Waals surface area contributed by atoms with Crippen LogP contribution in [-0.2, 0) is 27.4 Å². The largest absolute Gasteiger partial charge is 0.481 e. The van der Waals surface area contributed by atoms with Gasteiger partial charge >= 0.3 is 5.97 Å². The van der Waals surface area contributed by atoms with Crippen molar-refractivity contribution in [1.29, 1.82) is 0 Å². The number of amides is 1. The van der Waals surface area contributed by atoms with E-state index in [4.69, 9.17) is 9.84 Å². The number of carboxylic acids is 1. The van der Waals surface area contributed by atoms with Gasteiger partial charge in [0.2, 0.25) is 5.91 Å². The Balaban J connectivity index is 1.97. The number of hydrogen-bond donors (Lipinski definition) is 2. The number of ether oxygens (including phenoxy) is 1. The summed E-state index contributed by atoms with van der Waals surface area (Å²) in [6.45, 7) is 2.14. The van der Waals surface area contributed by atoms with Crippen LogP contribution < -0.4 is 5.32 Å². The van der Waals surface area contributed by atoms with E-state index < -0.39 is 11.9 Å². The lowest BCUT2D eigenvalue weighted by atomic mass is 10.0. The third kappa shape index (κ3) is 4.93. The van der Waals surface area contributed by atoms with Crippen molar-refractivity contribution < 1.29 is 19.4 Å². The molecule has 2 aromatic carbocycles. The summed E-state index contributed by atoms with van der Waals surface area (Å²) < 4.78 is 5.09. The van der Waals surface area contributed by atoms with Gasteiger partial charge in [0.25, 0.3) is 0 Å². The molecule has 1 amide bonds. The first-order valence-corrected chi connectivity index (χ1v) is 7.69. The summed E-state index contributed by atoms with van der Waals surface area (Å²) in [5.41, 5.74) is 3.29. The fourth-order valence-corrected chi connectivity index (χ4v) is 2.38. The number of hydrogen-bond acceptors (Lipinski definition) is 3. The summed E-state index contributed by atoms with van der Waals surface area (Å²) in [4.78, 5) is 23.1. The fraction of sp³-hybridized carbons (Fsp3) is 0.263. The first-order chi connectivity index (χ1) is 11.5. The quantitative estimate of drug-likeness (QED) is 0.819. The van der Waals surface area contributed by atoms with Gasteiger partial charge in [-0.1, -0.05) is 36.4 Å². The molecule has 24 heavy (non-hydrogen) atoms. The Morgan fingerprint density at radius 2 is 1.79 bits per heavy atom. The second-order valence-corrected chi connectivity index (χ2v) is 5.66. The van der Waals surface area contributed by atoms with Gasteiger partial charge in [-0.3, -0.25) is 9.59 Å². The van der Waals surface area contributed by atoms with Crippen molar-refractivity contribution in [3.63, 3.8) is 0 Å². The highest BCUT2D eigenvalue weighted by molar-refractivity contribution is 5.92. The predicted molar refractivity (Wildman–Crippen MR) is 92.0 cm³/mol. The number of nitrogens with one attached hydrogen (secondary N) is 1. The van der Waals surface area contributed by atoms with Crippen LogP contribution in [-0.4, -0.2) is 24.1 Å². The van der Waals surface area contributed by atoms with Crippen LogP contribution in [0.1, 0.15) is 29.5 Å². The van der Waals surface area contributed by atoms with E-state index in [1.807, 2.05) is 24.3 Å². The lowest BCUT2D eigenvalue weighted by Crippen LogP contribution is -2.14. The number of aliphatic carboxylic acids is 1. The van der Waals surface area contributed by atoms with Crippen LogP contribution in [0, 0.1) is 0 Å². The summed E-state index contributed by atoms with van der Waals surface area (Å²) >= 11 is 0. The second kappa shape index (κ2) is 8.26. The molecule has 0 radical (unpaired) electrons. The molecule has 0 saturated heterocycles. The zero-order valence-corrected chi connectivity index (χ0v) is 13.8. The summed E-state index contributed by atoms with van der Waals surface area (Å²) in [5, 5.41) is 11.8. The molecule has 5 heteroatoms. The standard InChI is InChI=1S/C19H21NO4/c1-13(19(22)23)16-6-8-17(9-7-16)20-18(21)11-14-4-3-5-15(10-14)12-24-2/h3-10,13H,11-12H2,1-2H3,(H,20,21)(H,22,23). The highest BCUT2D eigenvalue weighted by Crippen LogP contribution is 2.18. The monoisotopic (exact) mass is 327 g/mol. The van der Waals surface area contributed by atoms with Crippen molar-refractivity contribution in [3.8, 4) is 0 Å². The van der Waals surface area contributed by atoms with Gasteiger partial charge in [0, 0.05) is 12.8 Å². The van der Waals surface area contributed by atoms with Gasteiger partial charge in [-0.25, -0.2) is 0 Å². The van der Waals surface area contributed by atoms with Crippen LogP contribution >= 0.6 is 0 Å². The van der Waals surface area contributed by atoms with Crippen LogP contribution in [0.15, 0.2) is 48.5 Å². The van der Waals surface area contributed by atoms with Crippen molar-refractivity contribution in [2.24, 2.45) is 0 Å². The molecule has 2 aromatic rings. The molecule has 0 fully saturated rings. The van der Waals surface area contributed by atoms with E-state index in [1.165, 1.54) is 0 Å². The minimum absolute atomic E-state index is 0.122. The Morgan fingerprint density at radius 3 is 2.42 bits per heavy atom. The van der Waals surface area contributed by atoms with E-state index in [9.17, 15) is 9.59 Å². The third-order valence-electron chi connectivity index (χ3n) is 3.73. The molecule has 5 nitrogen and oxygen atoms in total. The van der Waals surface area contributed by atoms with E-state index in [0.717, 1.165) is 11.1 Å². The average molecular weight is 327 g/mol. The zero-order valence-electron chi connectivity index (χ0n) is 13.8. The number of rotatable bonds is 7. The number of benzene rings is 2. The fourth-order valence-electron chi connectivity index (χ4n) is 2.38. The maximum absolute atomic E-state index is 12.1. The van der Waals surface area contributed by atoms with Crippen LogP contribution in [0.2, 0.25) is 0 Å². The molecule has 0 aliphatic heterocycles. The minimum Gasteiger partial charge on any atom is -0.481 e. The lowest BCUT2D eigenvalue weighted by Gasteiger charge is -2.09. The summed E-state index contributed by atoms with van der Waals surface area (Å²) in [7, 11) is 1.63.